The monoisotopic (exact) mass is 386 g/mol. The van der Waals surface area contributed by atoms with Crippen molar-refractivity contribution in [2.24, 2.45) is 0 Å². The minimum Gasteiger partial charge on any atom is -0.264 e. The number of benzene rings is 4. The molecule has 0 saturated carbocycles. The quantitative estimate of drug-likeness (QED) is 0.256. The molecule has 0 amide bonds. The molecule has 0 unspecified atom stereocenters. The summed E-state index contributed by atoms with van der Waals surface area (Å²) in [7, 11) is 0. The molecule has 30 heavy (non-hydrogen) atoms. The van der Waals surface area contributed by atoms with E-state index in [9.17, 15) is 0 Å². The van der Waals surface area contributed by atoms with Crippen LogP contribution in [0.5, 0.6) is 0 Å². The van der Waals surface area contributed by atoms with E-state index in [1.807, 2.05) is 91.4 Å². The van der Waals surface area contributed by atoms with Crippen LogP contribution in [-0.2, 0) is 0 Å². The molecule has 2 aromatic heterocycles. The van der Waals surface area contributed by atoms with Gasteiger partial charge in [-0.15, -0.1) is 0 Å². The second-order valence-electron chi connectivity index (χ2n) is 6.74. The highest BCUT2D eigenvalue weighted by atomic mass is 14.6. The van der Waals surface area contributed by atoms with Crippen LogP contribution >= 0.6 is 0 Å². The molecule has 0 radical (unpaired) electrons. The molecule has 144 valence electrons. The zero-order valence-corrected chi connectivity index (χ0v) is 16.6. The van der Waals surface area contributed by atoms with Crippen molar-refractivity contribution in [2.45, 2.75) is 0 Å². The Morgan fingerprint density at radius 3 is 1.67 bits per heavy atom. The van der Waals surface area contributed by atoms with Crippen molar-refractivity contribution in [3.63, 3.8) is 0 Å². The van der Waals surface area contributed by atoms with Crippen LogP contribution in [0.2, 0.25) is 0 Å². The number of nitrogens with zero attached hydrogens (tertiary/aromatic N) is 2. The SMILES string of the molecule is c1ccc2c(c1)cnc1ccccc12.c1ccc2cnccc2c1.c1ccccc1. The fraction of sp³-hybridized carbons (Fsp3) is 0. The Kier molecular flexibility index (Phi) is 6.39. The molecule has 4 aromatic carbocycles. The van der Waals surface area contributed by atoms with Crippen LogP contribution in [0.1, 0.15) is 0 Å². The van der Waals surface area contributed by atoms with Gasteiger partial charge < -0.3 is 0 Å². The topological polar surface area (TPSA) is 25.8 Å². The summed E-state index contributed by atoms with van der Waals surface area (Å²) in [5.41, 5.74) is 1.06. The summed E-state index contributed by atoms with van der Waals surface area (Å²) < 4.78 is 0. The van der Waals surface area contributed by atoms with Crippen LogP contribution in [0, 0.1) is 0 Å². The van der Waals surface area contributed by atoms with E-state index in [1.54, 1.807) is 0 Å². The third kappa shape index (κ3) is 4.86. The van der Waals surface area contributed by atoms with E-state index >= 15 is 0 Å². The number of rotatable bonds is 0. The van der Waals surface area contributed by atoms with E-state index in [1.165, 1.54) is 26.9 Å². The standard InChI is InChI=1S/C13H9N.C9H7N.C6H6/c1-2-6-11-10(5-1)9-14-13-8-4-3-7-12(11)13;1-2-4-9-7-10-6-5-8(9)3-1;1-2-4-6-5-3-1/h1-9H;1-7H;1-6H. The van der Waals surface area contributed by atoms with Crippen LogP contribution in [0.4, 0.5) is 0 Å². The van der Waals surface area contributed by atoms with E-state index in [4.69, 9.17) is 0 Å². The number of fused-ring (bicyclic) bond motifs is 4. The first-order valence-electron chi connectivity index (χ1n) is 9.93. The molecule has 2 heteroatoms. The summed E-state index contributed by atoms with van der Waals surface area (Å²) in [5.74, 6) is 0. The molecule has 6 rings (SSSR count). The zero-order valence-electron chi connectivity index (χ0n) is 16.6. The van der Waals surface area contributed by atoms with Crippen molar-refractivity contribution in [3.05, 3.63) is 134 Å². The molecule has 6 aromatic rings. The van der Waals surface area contributed by atoms with Gasteiger partial charge in [-0.1, -0.05) is 103 Å². The Labute approximate surface area is 176 Å². The number of pyridine rings is 2. The first-order chi connectivity index (χ1) is 14.9. The lowest BCUT2D eigenvalue weighted by atomic mass is 10.1. The first kappa shape index (κ1) is 19.3. The Balaban J connectivity index is 0.000000119. The second kappa shape index (κ2) is 9.94. The van der Waals surface area contributed by atoms with Crippen molar-refractivity contribution in [1.29, 1.82) is 0 Å². The Morgan fingerprint density at radius 1 is 0.400 bits per heavy atom. The minimum absolute atomic E-state index is 1.06. The molecule has 0 aliphatic rings. The second-order valence-corrected chi connectivity index (χ2v) is 6.74. The van der Waals surface area contributed by atoms with Gasteiger partial charge in [-0.2, -0.15) is 0 Å². The van der Waals surface area contributed by atoms with Crippen LogP contribution in [0.3, 0.4) is 0 Å². The smallest absolute Gasteiger partial charge is 0.0708 e. The van der Waals surface area contributed by atoms with Gasteiger partial charge in [-0.3, -0.25) is 9.97 Å². The number of hydrogen-bond donors (Lipinski definition) is 0. The van der Waals surface area contributed by atoms with Crippen LogP contribution < -0.4 is 0 Å². The molecule has 0 atom stereocenters. The lowest BCUT2D eigenvalue weighted by Gasteiger charge is -2.01. The van der Waals surface area contributed by atoms with E-state index < -0.39 is 0 Å². The number of aromatic nitrogens is 2. The maximum Gasteiger partial charge on any atom is 0.0708 e. The number of hydrogen-bond acceptors (Lipinski definition) is 2. The molecular formula is C28H22N2. The summed E-state index contributed by atoms with van der Waals surface area (Å²) in [5, 5.41) is 6.15. The van der Waals surface area contributed by atoms with Crippen LogP contribution in [0.25, 0.3) is 32.4 Å². The lowest BCUT2D eigenvalue weighted by molar-refractivity contribution is 1.36. The zero-order chi connectivity index (χ0) is 20.4. The van der Waals surface area contributed by atoms with Crippen LogP contribution in [-0.4, -0.2) is 9.97 Å². The van der Waals surface area contributed by atoms with Crippen molar-refractivity contribution < 1.29 is 0 Å². The van der Waals surface area contributed by atoms with Gasteiger partial charge in [-0.25, -0.2) is 0 Å². The van der Waals surface area contributed by atoms with Gasteiger partial charge in [0.15, 0.2) is 0 Å². The maximum absolute atomic E-state index is 4.41. The van der Waals surface area contributed by atoms with Gasteiger partial charge in [0.1, 0.15) is 0 Å². The molecule has 0 aliphatic carbocycles. The Morgan fingerprint density at radius 2 is 0.967 bits per heavy atom. The fourth-order valence-electron chi connectivity index (χ4n) is 3.22. The lowest BCUT2D eigenvalue weighted by Crippen LogP contribution is -1.80. The van der Waals surface area contributed by atoms with E-state index in [2.05, 4.69) is 52.4 Å². The average molecular weight is 386 g/mol. The Hall–Kier alpha value is -4.04. The van der Waals surface area contributed by atoms with Gasteiger partial charge >= 0.3 is 0 Å². The molecule has 0 spiro atoms. The van der Waals surface area contributed by atoms with Gasteiger partial charge in [-0.05, 0) is 28.3 Å². The van der Waals surface area contributed by atoms with Gasteiger partial charge in [0.05, 0.1) is 5.52 Å². The highest BCUT2D eigenvalue weighted by Gasteiger charge is 1.98. The normalized spacial score (nSPS) is 10.0. The third-order valence-electron chi connectivity index (χ3n) is 4.71. The van der Waals surface area contributed by atoms with Gasteiger partial charge in [0.2, 0.25) is 0 Å². The molecule has 2 heterocycles. The van der Waals surface area contributed by atoms with Crippen molar-refractivity contribution in [1.82, 2.24) is 9.97 Å². The molecule has 0 N–H and O–H groups in total. The highest BCUT2D eigenvalue weighted by Crippen LogP contribution is 2.22. The van der Waals surface area contributed by atoms with E-state index in [0.29, 0.717) is 0 Å². The largest absolute Gasteiger partial charge is 0.264 e. The van der Waals surface area contributed by atoms with Crippen molar-refractivity contribution in [3.8, 4) is 0 Å². The predicted molar refractivity (Wildman–Crippen MR) is 127 cm³/mol. The molecule has 0 aliphatic heterocycles. The minimum atomic E-state index is 1.06. The first-order valence-corrected chi connectivity index (χ1v) is 9.93. The van der Waals surface area contributed by atoms with Gasteiger partial charge in [0, 0.05) is 29.4 Å². The number of para-hydroxylation sites is 1. The summed E-state index contributed by atoms with van der Waals surface area (Å²) in [6, 6.07) is 38.8. The molecule has 2 nitrogen and oxygen atoms in total. The molecular weight excluding hydrogens is 364 g/mol. The van der Waals surface area contributed by atoms with Crippen molar-refractivity contribution in [2.75, 3.05) is 0 Å². The average Bonchev–Trinajstić information content (AvgIpc) is 2.86. The van der Waals surface area contributed by atoms with E-state index in [0.717, 1.165) is 5.52 Å². The van der Waals surface area contributed by atoms with E-state index in [-0.39, 0.29) is 0 Å². The summed E-state index contributed by atoms with van der Waals surface area (Å²) in [6.45, 7) is 0. The molecule has 0 fully saturated rings. The van der Waals surface area contributed by atoms with Crippen molar-refractivity contribution >= 4 is 32.4 Å². The fourth-order valence-corrected chi connectivity index (χ4v) is 3.22. The molecule has 0 bridgehead atoms. The summed E-state index contributed by atoms with van der Waals surface area (Å²) in [4.78, 5) is 8.42. The highest BCUT2D eigenvalue weighted by molar-refractivity contribution is 6.05. The Bertz CT molecular complexity index is 1200. The third-order valence-corrected chi connectivity index (χ3v) is 4.71. The summed E-state index contributed by atoms with van der Waals surface area (Å²) >= 11 is 0. The van der Waals surface area contributed by atoms with Crippen LogP contribution in [0.15, 0.2) is 134 Å². The van der Waals surface area contributed by atoms with Gasteiger partial charge in [0.25, 0.3) is 0 Å². The summed E-state index contributed by atoms with van der Waals surface area (Å²) in [6.07, 6.45) is 5.61. The molecule has 0 saturated heterocycles. The maximum atomic E-state index is 4.41. The predicted octanol–water partition coefficient (Wildman–Crippen LogP) is 7.31.